The quantitative estimate of drug-likeness (QED) is 0.887. The molecule has 0 amide bonds. The van der Waals surface area contributed by atoms with Crippen LogP contribution in [0.25, 0.3) is 0 Å². The van der Waals surface area contributed by atoms with Gasteiger partial charge in [0, 0.05) is 28.4 Å². The van der Waals surface area contributed by atoms with Crippen molar-refractivity contribution < 1.29 is 4.42 Å². The van der Waals surface area contributed by atoms with E-state index < -0.39 is 0 Å². The fourth-order valence-electron chi connectivity index (χ4n) is 1.93. The van der Waals surface area contributed by atoms with Gasteiger partial charge in [0.05, 0.1) is 18.6 Å². The molecule has 1 unspecified atom stereocenters. The number of nitrogens with two attached hydrogens (primary N) is 1. The van der Waals surface area contributed by atoms with Crippen LogP contribution in [0.3, 0.4) is 0 Å². The van der Waals surface area contributed by atoms with Crippen LogP contribution in [-0.4, -0.2) is 18.5 Å². The van der Waals surface area contributed by atoms with E-state index in [1.54, 1.807) is 12.5 Å². The maximum Gasteiger partial charge on any atom is 0.0947 e. The molecule has 2 rings (SSSR count). The van der Waals surface area contributed by atoms with Crippen LogP contribution in [0.4, 0.5) is 0 Å². The second-order valence-corrected chi connectivity index (χ2v) is 5.57. The maximum absolute atomic E-state index is 5.89. The lowest BCUT2D eigenvalue weighted by Crippen LogP contribution is -2.29. The summed E-state index contributed by atoms with van der Waals surface area (Å²) >= 11 is 1.82. The fourth-order valence-corrected chi connectivity index (χ4v) is 2.98. The molecule has 0 bridgehead atoms. The Bertz CT molecular complexity index is 450. The molecule has 0 saturated heterocycles. The first-order chi connectivity index (χ1) is 8.20. The average molecular weight is 250 g/mol. The second-order valence-electron chi connectivity index (χ2n) is 4.25. The molecule has 0 radical (unpaired) electrons. The van der Waals surface area contributed by atoms with Gasteiger partial charge in [-0.15, -0.1) is 11.3 Å². The van der Waals surface area contributed by atoms with Gasteiger partial charge in [-0.2, -0.15) is 0 Å². The van der Waals surface area contributed by atoms with Crippen molar-refractivity contribution in [2.45, 2.75) is 19.5 Å². The zero-order valence-electron chi connectivity index (χ0n) is 10.2. The predicted molar refractivity (Wildman–Crippen MR) is 71.0 cm³/mol. The summed E-state index contributed by atoms with van der Waals surface area (Å²) in [7, 11) is 2.10. The number of thiophene rings is 1. The number of hydrogen-bond acceptors (Lipinski definition) is 4. The lowest BCUT2D eigenvalue weighted by atomic mass is 10.2. The summed E-state index contributed by atoms with van der Waals surface area (Å²) in [5.74, 6) is 0. The minimum Gasteiger partial charge on any atom is -0.472 e. The zero-order chi connectivity index (χ0) is 12.3. The van der Waals surface area contributed by atoms with Crippen molar-refractivity contribution in [2.75, 3.05) is 13.6 Å². The Morgan fingerprint density at radius 2 is 2.24 bits per heavy atom. The van der Waals surface area contributed by atoms with Crippen molar-refractivity contribution in [3.8, 4) is 0 Å². The Morgan fingerprint density at radius 1 is 1.41 bits per heavy atom. The summed E-state index contributed by atoms with van der Waals surface area (Å²) in [5, 5.41) is 0. The number of aryl methyl sites for hydroxylation is 1. The van der Waals surface area contributed by atoms with Gasteiger partial charge in [0.1, 0.15) is 0 Å². The molecule has 2 aromatic rings. The highest BCUT2D eigenvalue weighted by molar-refractivity contribution is 7.12. The monoisotopic (exact) mass is 250 g/mol. The Labute approximate surface area is 106 Å². The van der Waals surface area contributed by atoms with E-state index in [0.29, 0.717) is 6.54 Å². The Hall–Kier alpha value is -1.10. The Balaban J connectivity index is 2.07. The van der Waals surface area contributed by atoms with Crippen LogP contribution in [0, 0.1) is 6.92 Å². The number of nitrogens with zero attached hydrogens (tertiary/aromatic N) is 1. The van der Waals surface area contributed by atoms with E-state index in [-0.39, 0.29) is 6.04 Å². The zero-order valence-corrected chi connectivity index (χ0v) is 11.0. The third-order valence-electron chi connectivity index (χ3n) is 2.86. The van der Waals surface area contributed by atoms with Gasteiger partial charge in [-0.05, 0) is 32.2 Å². The van der Waals surface area contributed by atoms with Gasteiger partial charge in [0.2, 0.25) is 0 Å². The summed E-state index contributed by atoms with van der Waals surface area (Å²) in [4.78, 5) is 4.92. The first kappa shape index (κ1) is 12.4. The van der Waals surface area contributed by atoms with E-state index in [1.165, 1.54) is 15.3 Å². The summed E-state index contributed by atoms with van der Waals surface area (Å²) in [6, 6.07) is 6.59. The first-order valence-electron chi connectivity index (χ1n) is 5.68. The van der Waals surface area contributed by atoms with Crippen LogP contribution < -0.4 is 5.73 Å². The van der Waals surface area contributed by atoms with Crippen LogP contribution in [0.1, 0.15) is 21.4 Å². The van der Waals surface area contributed by atoms with Crippen molar-refractivity contribution in [3.05, 3.63) is 46.0 Å². The van der Waals surface area contributed by atoms with E-state index in [0.717, 1.165) is 6.54 Å². The molecule has 0 saturated carbocycles. The van der Waals surface area contributed by atoms with Gasteiger partial charge >= 0.3 is 0 Å². The number of rotatable bonds is 5. The third-order valence-corrected chi connectivity index (χ3v) is 3.96. The van der Waals surface area contributed by atoms with Crippen LogP contribution in [0.15, 0.2) is 35.1 Å². The Morgan fingerprint density at radius 3 is 2.76 bits per heavy atom. The maximum atomic E-state index is 5.89. The van der Waals surface area contributed by atoms with Crippen molar-refractivity contribution in [3.63, 3.8) is 0 Å². The molecular formula is C13H18N2OS. The lowest BCUT2D eigenvalue weighted by molar-refractivity contribution is 0.244. The van der Waals surface area contributed by atoms with Crippen molar-refractivity contribution >= 4 is 11.3 Å². The molecule has 0 aromatic carbocycles. The van der Waals surface area contributed by atoms with Crippen molar-refractivity contribution in [1.82, 2.24) is 4.90 Å². The summed E-state index contributed by atoms with van der Waals surface area (Å²) < 4.78 is 5.08. The molecule has 2 heterocycles. The fraction of sp³-hybridized carbons (Fsp3) is 0.385. The minimum atomic E-state index is 0.281. The largest absolute Gasteiger partial charge is 0.472 e. The van der Waals surface area contributed by atoms with E-state index in [2.05, 4.69) is 31.0 Å². The minimum absolute atomic E-state index is 0.281. The second kappa shape index (κ2) is 5.49. The molecule has 2 N–H and O–H groups in total. The SMILES string of the molecule is Cc1ccc(C(CN)N(C)Cc2ccoc2)s1. The Kier molecular flexibility index (Phi) is 3.99. The predicted octanol–water partition coefficient (Wildman–Crippen LogP) is 2.78. The molecule has 0 aliphatic heterocycles. The number of likely N-dealkylation sites (N-methyl/N-ethyl adjacent to an activating group) is 1. The molecule has 2 aromatic heterocycles. The van der Waals surface area contributed by atoms with Crippen molar-refractivity contribution in [1.29, 1.82) is 0 Å². The van der Waals surface area contributed by atoms with Crippen LogP contribution in [0.2, 0.25) is 0 Å². The summed E-state index contributed by atoms with van der Waals surface area (Å²) in [5.41, 5.74) is 7.07. The lowest BCUT2D eigenvalue weighted by Gasteiger charge is -2.25. The highest BCUT2D eigenvalue weighted by Gasteiger charge is 2.17. The van der Waals surface area contributed by atoms with Gasteiger partial charge in [0.15, 0.2) is 0 Å². The molecule has 0 spiro atoms. The van der Waals surface area contributed by atoms with Gasteiger partial charge < -0.3 is 10.2 Å². The molecule has 0 aliphatic rings. The molecular weight excluding hydrogens is 232 g/mol. The smallest absolute Gasteiger partial charge is 0.0947 e. The highest BCUT2D eigenvalue weighted by Crippen LogP contribution is 2.27. The van der Waals surface area contributed by atoms with E-state index in [1.807, 2.05) is 17.4 Å². The summed E-state index contributed by atoms with van der Waals surface area (Å²) in [6.45, 7) is 3.61. The van der Waals surface area contributed by atoms with Crippen LogP contribution in [-0.2, 0) is 6.54 Å². The standard InChI is InChI=1S/C13H18N2OS/c1-10-3-4-13(17-10)12(7-14)15(2)8-11-5-6-16-9-11/h3-6,9,12H,7-8,14H2,1-2H3. The number of hydrogen-bond donors (Lipinski definition) is 1. The molecule has 92 valence electrons. The highest BCUT2D eigenvalue weighted by atomic mass is 32.1. The van der Waals surface area contributed by atoms with Gasteiger partial charge in [0.25, 0.3) is 0 Å². The molecule has 4 heteroatoms. The van der Waals surface area contributed by atoms with Gasteiger partial charge in [-0.3, -0.25) is 4.90 Å². The molecule has 17 heavy (non-hydrogen) atoms. The molecule has 0 aliphatic carbocycles. The third kappa shape index (κ3) is 2.97. The van der Waals surface area contributed by atoms with Crippen LogP contribution >= 0.6 is 11.3 Å². The molecule has 3 nitrogen and oxygen atoms in total. The average Bonchev–Trinajstić information content (AvgIpc) is 2.91. The first-order valence-corrected chi connectivity index (χ1v) is 6.50. The molecule has 0 fully saturated rings. The van der Waals surface area contributed by atoms with Gasteiger partial charge in [-0.1, -0.05) is 0 Å². The molecule has 1 atom stereocenters. The van der Waals surface area contributed by atoms with Gasteiger partial charge in [-0.25, -0.2) is 0 Å². The summed E-state index contributed by atoms with van der Waals surface area (Å²) in [6.07, 6.45) is 3.49. The van der Waals surface area contributed by atoms with E-state index in [4.69, 9.17) is 10.2 Å². The van der Waals surface area contributed by atoms with Crippen molar-refractivity contribution in [2.24, 2.45) is 5.73 Å². The normalized spacial score (nSPS) is 13.2. The topological polar surface area (TPSA) is 42.4 Å². The van der Waals surface area contributed by atoms with E-state index in [9.17, 15) is 0 Å². The van der Waals surface area contributed by atoms with Crippen LogP contribution in [0.5, 0.6) is 0 Å². The van der Waals surface area contributed by atoms with E-state index >= 15 is 0 Å². The number of furan rings is 1.